The lowest BCUT2D eigenvalue weighted by Crippen LogP contribution is -2.42. The van der Waals surface area contributed by atoms with Gasteiger partial charge in [-0.1, -0.05) is 30.3 Å². The zero-order valence-corrected chi connectivity index (χ0v) is 13.8. The van der Waals surface area contributed by atoms with Crippen LogP contribution >= 0.6 is 0 Å². The van der Waals surface area contributed by atoms with Gasteiger partial charge in [0.05, 0.1) is 17.8 Å². The van der Waals surface area contributed by atoms with Gasteiger partial charge in [-0.3, -0.25) is 4.79 Å². The molecule has 0 bridgehead atoms. The lowest BCUT2D eigenvalue weighted by molar-refractivity contribution is -0.137. The molecule has 0 saturated carbocycles. The molecule has 1 N–H and O–H groups in total. The number of anilines is 2. The third-order valence-corrected chi connectivity index (χ3v) is 4.49. The van der Waals surface area contributed by atoms with Crippen molar-refractivity contribution in [2.24, 2.45) is 0 Å². The standard InChI is InChI=1S/C19H19F3N2O/c1-13-10-11-14-6-2-5-9-17(14)24(13)12-18(25)23-16-8-4-3-7-15(16)19(20,21)22/h2-9,13H,10-12H2,1H3,(H,23,25)/t13-/m1/s1. The molecule has 3 nitrogen and oxygen atoms in total. The molecule has 1 aliphatic heterocycles. The second-order valence-electron chi connectivity index (χ2n) is 6.24. The topological polar surface area (TPSA) is 32.3 Å². The summed E-state index contributed by atoms with van der Waals surface area (Å²) >= 11 is 0. The van der Waals surface area contributed by atoms with E-state index in [2.05, 4.69) is 5.32 Å². The average Bonchev–Trinajstić information content (AvgIpc) is 2.57. The van der Waals surface area contributed by atoms with Crippen molar-refractivity contribution in [3.8, 4) is 0 Å². The maximum absolute atomic E-state index is 13.1. The zero-order valence-electron chi connectivity index (χ0n) is 13.8. The van der Waals surface area contributed by atoms with Crippen LogP contribution in [0, 0.1) is 0 Å². The van der Waals surface area contributed by atoms with E-state index in [0.717, 1.165) is 30.2 Å². The Hall–Kier alpha value is -2.50. The molecule has 0 aromatic heterocycles. The van der Waals surface area contributed by atoms with Crippen LogP contribution in [0.25, 0.3) is 0 Å². The SMILES string of the molecule is C[C@@H]1CCc2ccccc2N1CC(=O)Nc1ccccc1C(F)(F)F. The van der Waals surface area contributed by atoms with Gasteiger partial charge in [0.25, 0.3) is 0 Å². The summed E-state index contributed by atoms with van der Waals surface area (Å²) < 4.78 is 39.2. The number of halogens is 3. The Morgan fingerprint density at radius 2 is 1.84 bits per heavy atom. The number of para-hydroxylation sites is 2. The number of carbonyl (C=O) groups is 1. The van der Waals surface area contributed by atoms with Gasteiger partial charge in [0.2, 0.25) is 5.91 Å². The molecule has 3 rings (SSSR count). The van der Waals surface area contributed by atoms with E-state index in [-0.39, 0.29) is 18.3 Å². The van der Waals surface area contributed by atoms with Crippen molar-refractivity contribution in [2.75, 3.05) is 16.8 Å². The molecule has 1 atom stereocenters. The number of fused-ring (bicyclic) bond motifs is 1. The highest BCUT2D eigenvalue weighted by atomic mass is 19.4. The third-order valence-electron chi connectivity index (χ3n) is 4.49. The maximum Gasteiger partial charge on any atom is 0.418 e. The molecule has 2 aromatic rings. The number of nitrogens with zero attached hydrogens (tertiary/aromatic N) is 1. The van der Waals surface area contributed by atoms with E-state index >= 15 is 0 Å². The van der Waals surface area contributed by atoms with Gasteiger partial charge < -0.3 is 10.2 Å². The van der Waals surface area contributed by atoms with E-state index in [4.69, 9.17) is 0 Å². The highest BCUT2D eigenvalue weighted by molar-refractivity contribution is 5.95. The third kappa shape index (κ3) is 3.78. The molecule has 0 unspecified atom stereocenters. The summed E-state index contributed by atoms with van der Waals surface area (Å²) in [4.78, 5) is 14.3. The van der Waals surface area contributed by atoms with Gasteiger partial charge in [0, 0.05) is 11.7 Å². The Kier molecular flexibility index (Phi) is 4.70. The summed E-state index contributed by atoms with van der Waals surface area (Å²) in [6.07, 6.45) is -2.66. The van der Waals surface area contributed by atoms with Crippen LogP contribution in [-0.2, 0) is 17.4 Å². The number of carbonyl (C=O) groups excluding carboxylic acids is 1. The fraction of sp³-hybridized carbons (Fsp3) is 0.316. The molecular formula is C19H19F3N2O. The molecule has 25 heavy (non-hydrogen) atoms. The summed E-state index contributed by atoms with van der Waals surface area (Å²) in [6.45, 7) is 2.04. The van der Waals surface area contributed by atoms with Gasteiger partial charge in [-0.15, -0.1) is 0 Å². The fourth-order valence-corrected chi connectivity index (χ4v) is 3.18. The van der Waals surface area contributed by atoms with E-state index in [0.29, 0.717) is 0 Å². The molecule has 1 amide bonds. The van der Waals surface area contributed by atoms with E-state index in [1.54, 1.807) is 0 Å². The predicted molar refractivity (Wildman–Crippen MR) is 91.6 cm³/mol. The number of hydrogen-bond acceptors (Lipinski definition) is 2. The molecule has 0 saturated heterocycles. The van der Waals surface area contributed by atoms with Gasteiger partial charge in [-0.05, 0) is 43.5 Å². The van der Waals surface area contributed by atoms with Crippen molar-refractivity contribution in [2.45, 2.75) is 32.0 Å². The minimum Gasteiger partial charge on any atom is -0.359 e. The first-order valence-corrected chi connectivity index (χ1v) is 8.17. The van der Waals surface area contributed by atoms with Crippen molar-refractivity contribution < 1.29 is 18.0 Å². The first kappa shape index (κ1) is 17.3. The Balaban J connectivity index is 1.78. The van der Waals surface area contributed by atoms with Crippen molar-refractivity contribution in [3.05, 3.63) is 59.7 Å². The summed E-state index contributed by atoms with van der Waals surface area (Å²) in [5.41, 5.74) is 1.08. The Morgan fingerprint density at radius 3 is 2.60 bits per heavy atom. The minimum atomic E-state index is -4.51. The number of alkyl halides is 3. The smallest absolute Gasteiger partial charge is 0.359 e. The number of aryl methyl sites for hydroxylation is 1. The van der Waals surface area contributed by atoms with Crippen molar-refractivity contribution >= 4 is 17.3 Å². The molecule has 132 valence electrons. The lowest BCUT2D eigenvalue weighted by atomic mass is 9.96. The van der Waals surface area contributed by atoms with Crippen molar-refractivity contribution in [1.82, 2.24) is 0 Å². The molecule has 0 radical (unpaired) electrons. The molecular weight excluding hydrogens is 329 g/mol. The first-order valence-electron chi connectivity index (χ1n) is 8.17. The van der Waals surface area contributed by atoms with Gasteiger partial charge in [0.1, 0.15) is 0 Å². The van der Waals surface area contributed by atoms with Crippen molar-refractivity contribution in [3.63, 3.8) is 0 Å². The molecule has 0 aliphatic carbocycles. The van der Waals surface area contributed by atoms with Crippen LogP contribution in [0.5, 0.6) is 0 Å². The lowest BCUT2D eigenvalue weighted by Gasteiger charge is -2.36. The minimum absolute atomic E-state index is 0.0182. The first-order chi connectivity index (χ1) is 11.9. The number of nitrogens with one attached hydrogen (secondary N) is 1. The Bertz CT molecular complexity index is 773. The van der Waals surface area contributed by atoms with Crippen LogP contribution in [0.3, 0.4) is 0 Å². The average molecular weight is 348 g/mol. The Morgan fingerprint density at radius 1 is 1.16 bits per heavy atom. The van der Waals surface area contributed by atoms with E-state index in [1.807, 2.05) is 36.1 Å². The van der Waals surface area contributed by atoms with Crippen molar-refractivity contribution in [1.29, 1.82) is 0 Å². The monoisotopic (exact) mass is 348 g/mol. The molecule has 1 heterocycles. The number of benzene rings is 2. The van der Waals surface area contributed by atoms with Crippen LogP contribution in [-0.4, -0.2) is 18.5 Å². The molecule has 6 heteroatoms. The number of hydrogen-bond donors (Lipinski definition) is 1. The fourth-order valence-electron chi connectivity index (χ4n) is 3.18. The Labute approximate surface area is 144 Å². The number of amides is 1. The zero-order chi connectivity index (χ0) is 18.0. The van der Waals surface area contributed by atoms with Crippen LogP contribution < -0.4 is 10.2 Å². The number of rotatable bonds is 3. The molecule has 2 aromatic carbocycles. The van der Waals surface area contributed by atoms with Crippen LogP contribution in [0.15, 0.2) is 48.5 Å². The van der Waals surface area contributed by atoms with E-state index in [1.165, 1.54) is 18.2 Å². The maximum atomic E-state index is 13.1. The van der Waals surface area contributed by atoms with Crippen LogP contribution in [0.2, 0.25) is 0 Å². The quantitative estimate of drug-likeness (QED) is 0.887. The van der Waals surface area contributed by atoms with Crippen LogP contribution in [0.4, 0.5) is 24.5 Å². The van der Waals surface area contributed by atoms with Gasteiger partial charge in [-0.25, -0.2) is 0 Å². The molecule has 0 spiro atoms. The second-order valence-corrected chi connectivity index (χ2v) is 6.24. The summed E-state index contributed by atoms with van der Waals surface area (Å²) in [6, 6.07) is 13.0. The van der Waals surface area contributed by atoms with Gasteiger partial charge in [-0.2, -0.15) is 13.2 Å². The summed E-state index contributed by atoms with van der Waals surface area (Å²) in [5, 5.41) is 2.42. The molecule has 1 aliphatic rings. The predicted octanol–water partition coefficient (Wildman–Crippen LogP) is 4.49. The largest absolute Gasteiger partial charge is 0.418 e. The van der Waals surface area contributed by atoms with Gasteiger partial charge >= 0.3 is 6.18 Å². The summed E-state index contributed by atoms with van der Waals surface area (Å²) in [7, 11) is 0. The normalized spacial score (nSPS) is 17.1. The second kappa shape index (κ2) is 6.78. The molecule has 0 fully saturated rings. The van der Waals surface area contributed by atoms with E-state index in [9.17, 15) is 18.0 Å². The van der Waals surface area contributed by atoms with E-state index < -0.39 is 17.6 Å². The van der Waals surface area contributed by atoms with Gasteiger partial charge in [0.15, 0.2) is 0 Å². The van der Waals surface area contributed by atoms with Crippen LogP contribution in [0.1, 0.15) is 24.5 Å². The highest BCUT2D eigenvalue weighted by Crippen LogP contribution is 2.35. The summed E-state index contributed by atoms with van der Waals surface area (Å²) in [5.74, 6) is -0.458. The highest BCUT2D eigenvalue weighted by Gasteiger charge is 2.34.